The maximum atomic E-state index is 12.4. The number of carbonyl (C=O) groups excluding carboxylic acids is 2. The molecule has 2 aromatic carbocycles. The summed E-state index contributed by atoms with van der Waals surface area (Å²) in [4.78, 5) is 31.3. The molecule has 1 unspecified atom stereocenters. The second-order valence-corrected chi connectivity index (χ2v) is 11.1. The van der Waals surface area contributed by atoms with Crippen LogP contribution in [0.4, 0.5) is 5.95 Å². The Morgan fingerprint density at radius 1 is 1.11 bits per heavy atom. The van der Waals surface area contributed by atoms with Gasteiger partial charge in [-0.15, -0.1) is 0 Å². The van der Waals surface area contributed by atoms with Crippen molar-refractivity contribution in [2.45, 2.75) is 65.3 Å². The van der Waals surface area contributed by atoms with Crippen molar-refractivity contribution >= 4 is 28.9 Å². The molecular formula is C29H38N4O4. The largest absolute Gasteiger partial charge is 0.466 e. The van der Waals surface area contributed by atoms with Gasteiger partial charge in [-0.05, 0) is 66.8 Å². The lowest BCUT2D eigenvalue weighted by Gasteiger charge is -2.41. The molecule has 0 spiro atoms. The van der Waals surface area contributed by atoms with E-state index in [9.17, 15) is 14.7 Å². The standard InChI is InChI=1S/C29H38N4O4/c1-29(2,3)21-14-16-22(17-15-21)33(28-30-23-8-6-7-9-24(23)32(28)4)18-19-10-12-20(13-11-19)25(34)31-26(35)27(36)37-5/h6-13,21-22,26,35H,14-18H2,1-5H3,(H,31,34). The molecule has 0 aliphatic heterocycles. The maximum absolute atomic E-state index is 12.4. The third kappa shape index (κ3) is 5.96. The fourth-order valence-electron chi connectivity index (χ4n) is 5.34. The van der Waals surface area contributed by atoms with E-state index >= 15 is 0 Å². The number of fused-ring (bicyclic) bond motifs is 1. The fraction of sp³-hybridized carbons (Fsp3) is 0.483. The number of ether oxygens (including phenoxy) is 1. The molecule has 4 rings (SSSR count). The van der Waals surface area contributed by atoms with Crippen LogP contribution in [0.2, 0.25) is 0 Å². The van der Waals surface area contributed by atoms with E-state index in [2.05, 4.69) is 53.4 Å². The molecule has 1 aliphatic carbocycles. The van der Waals surface area contributed by atoms with Gasteiger partial charge in [0, 0.05) is 25.2 Å². The molecule has 1 atom stereocenters. The summed E-state index contributed by atoms with van der Waals surface area (Å²) < 4.78 is 6.62. The summed E-state index contributed by atoms with van der Waals surface area (Å²) in [6, 6.07) is 15.8. The van der Waals surface area contributed by atoms with E-state index in [0.717, 1.165) is 42.5 Å². The van der Waals surface area contributed by atoms with E-state index in [1.165, 1.54) is 12.8 Å². The first-order valence-corrected chi connectivity index (χ1v) is 12.9. The number of para-hydroxylation sites is 2. The third-order valence-electron chi connectivity index (χ3n) is 7.64. The van der Waals surface area contributed by atoms with Gasteiger partial charge in [0.2, 0.25) is 12.2 Å². The molecule has 1 aliphatic rings. The average Bonchev–Trinajstić information content (AvgIpc) is 3.22. The van der Waals surface area contributed by atoms with Gasteiger partial charge in [-0.3, -0.25) is 4.79 Å². The average molecular weight is 507 g/mol. The van der Waals surface area contributed by atoms with Gasteiger partial charge in [0.25, 0.3) is 5.91 Å². The van der Waals surface area contributed by atoms with Crippen LogP contribution in [-0.2, 0) is 23.1 Å². The number of carbonyl (C=O) groups is 2. The van der Waals surface area contributed by atoms with Crippen molar-refractivity contribution in [2.75, 3.05) is 12.0 Å². The number of aromatic nitrogens is 2. The highest BCUT2D eigenvalue weighted by atomic mass is 16.5. The molecule has 1 fully saturated rings. The Morgan fingerprint density at radius 3 is 2.35 bits per heavy atom. The van der Waals surface area contributed by atoms with E-state index in [4.69, 9.17) is 4.98 Å². The number of amides is 1. The van der Waals surface area contributed by atoms with Gasteiger partial charge in [-0.1, -0.05) is 45.0 Å². The van der Waals surface area contributed by atoms with Crippen molar-refractivity contribution in [2.24, 2.45) is 18.4 Å². The Bertz CT molecular complexity index is 1240. The number of hydrogen-bond donors (Lipinski definition) is 2. The normalized spacial score (nSPS) is 18.9. The molecule has 3 aromatic rings. The molecule has 0 radical (unpaired) electrons. The van der Waals surface area contributed by atoms with E-state index in [-0.39, 0.29) is 0 Å². The minimum absolute atomic E-state index is 0.311. The van der Waals surface area contributed by atoms with Crippen molar-refractivity contribution < 1.29 is 19.4 Å². The van der Waals surface area contributed by atoms with Crippen LogP contribution in [0.3, 0.4) is 0 Å². The number of methoxy groups -OCH3 is 1. The maximum Gasteiger partial charge on any atom is 0.356 e. The molecule has 198 valence electrons. The monoisotopic (exact) mass is 506 g/mol. The highest BCUT2D eigenvalue weighted by molar-refractivity contribution is 5.96. The molecule has 8 heteroatoms. The summed E-state index contributed by atoms with van der Waals surface area (Å²) in [5.41, 5.74) is 3.79. The summed E-state index contributed by atoms with van der Waals surface area (Å²) >= 11 is 0. The fourth-order valence-corrected chi connectivity index (χ4v) is 5.34. The smallest absolute Gasteiger partial charge is 0.356 e. The number of hydrogen-bond acceptors (Lipinski definition) is 6. The number of aryl methyl sites for hydroxylation is 1. The first-order valence-electron chi connectivity index (χ1n) is 12.9. The van der Waals surface area contributed by atoms with Gasteiger partial charge in [0.1, 0.15) is 0 Å². The van der Waals surface area contributed by atoms with Crippen molar-refractivity contribution in [1.29, 1.82) is 0 Å². The number of rotatable bonds is 7. The summed E-state index contributed by atoms with van der Waals surface area (Å²) in [5, 5.41) is 12.0. The lowest BCUT2D eigenvalue weighted by Crippen LogP contribution is -2.41. The molecule has 1 heterocycles. The van der Waals surface area contributed by atoms with Crippen LogP contribution < -0.4 is 10.2 Å². The predicted octanol–water partition coefficient (Wildman–Crippen LogP) is 4.41. The van der Waals surface area contributed by atoms with Crippen LogP contribution >= 0.6 is 0 Å². The number of anilines is 1. The highest BCUT2D eigenvalue weighted by Gasteiger charge is 2.33. The minimum atomic E-state index is -1.70. The van der Waals surface area contributed by atoms with Gasteiger partial charge in [0.05, 0.1) is 18.1 Å². The molecule has 8 nitrogen and oxygen atoms in total. The van der Waals surface area contributed by atoms with Crippen LogP contribution in [0, 0.1) is 11.3 Å². The molecule has 1 amide bonds. The zero-order chi connectivity index (χ0) is 26.7. The second kappa shape index (κ2) is 10.9. The Hall–Kier alpha value is -3.39. The zero-order valence-electron chi connectivity index (χ0n) is 22.4. The topological polar surface area (TPSA) is 96.7 Å². The van der Waals surface area contributed by atoms with Crippen molar-refractivity contribution in [3.63, 3.8) is 0 Å². The number of imidazole rings is 1. The second-order valence-electron chi connectivity index (χ2n) is 11.1. The van der Waals surface area contributed by atoms with Gasteiger partial charge in [0.15, 0.2) is 0 Å². The summed E-state index contributed by atoms with van der Waals surface area (Å²) in [6.07, 6.45) is 2.90. The molecule has 1 saturated carbocycles. The Labute approximate surface area is 218 Å². The quantitative estimate of drug-likeness (QED) is 0.364. The van der Waals surface area contributed by atoms with E-state index in [1.807, 2.05) is 30.3 Å². The summed E-state index contributed by atoms with van der Waals surface area (Å²) in [7, 11) is 3.22. The number of aliphatic hydroxyl groups is 1. The van der Waals surface area contributed by atoms with E-state index in [1.54, 1.807) is 12.1 Å². The number of esters is 1. The van der Waals surface area contributed by atoms with E-state index in [0.29, 0.717) is 29.5 Å². The number of benzene rings is 2. The van der Waals surface area contributed by atoms with Crippen LogP contribution in [0.15, 0.2) is 48.5 Å². The van der Waals surface area contributed by atoms with Gasteiger partial charge in [-0.2, -0.15) is 0 Å². The lowest BCUT2D eigenvalue weighted by molar-refractivity contribution is -0.151. The van der Waals surface area contributed by atoms with Crippen LogP contribution in [-0.4, -0.2) is 45.9 Å². The zero-order valence-corrected chi connectivity index (χ0v) is 22.4. The Balaban J connectivity index is 1.56. The SMILES string of the molecule is COC(=O)C(O)NC(=O)c1ccc(CN(c2nc3ccccc3n2C)C2CCC(C(C)(C)C)CC2)cc1. The van der Waals surface area contributed by atoms with Gasteiger partial charge < -0.3 is 24.6 Å². The molecular weight excluding hydrogens is 468 g/mol. The molecule has 37 heavy (non-hydrogen) atoms. The minimum Gasteiger partial charge on any atom is -0.466 e. The van der Waals surface area contributed by atoms with Crippen molar-refractivity contribution in [3.8, 4) is 0 Å². The van der Waals surface area contributed by atoms with Crippen molar-refractivity contribution in [3.05, 3.63) is 59.7 Å². The first kappa shape index (κ1) is 26.7. The molecule has 2 N–H and O–H groups in total. The van der Waals surface area contributed by atoms with Gasteiger partial charge in [-0.25, -0.2) is 9.78 Å². The molecule has 1 aromatic heterocycles. The van der Waals surface area contributed by atoms with Crippen LogP contribution in [0.25, 0.3) is 11.0 Å². The first-order chi connectivity index (χ1) is 17.6. The van der Waals surface area contributed by atoms with Gasteiger partial charge >= 0.3 is 5.97 Å². The summed E-state index contributed by atoms with van der Waals surface area (Å²) in [5.74, 6) is 0.203. The third-order valence-corrected chi connectivity index (χ3v) is 7.64. The number of aliphatic hydroxyl groups excluding tert-OH is 1. The van der Waals surface area contributed by atoms with E-state index < -0.39 is 18.1 Å². The Morgan fingerprint density at radius 2 is 1.76 bits per heavy atom. The number of nitrogens with zero attached hydrogens (tertiary/aromatic N) is 3. The predicted molar refractivity (Wildman–Crippen MR) is 144 cm³/mol. The van der Waals surface area contributed by atoms with Crippen LogP contribution in [0.1, 0.15) is 62.4 Å². The number of nitrogens with one attached hydrogen (secondary N) is 1. The highest BCUT2D eigenvalue weighted by Crippen LogP contribution is 2.40. The molecule has 0 bridgehead atoms. The Kier molecular flexibility index (Phi) is 7.87. The van der Waals surface area contributed by atoms with Crippen LogP contribution in [0.5, 0.6) is 0 Å². The lowest BCUT2D eigenvalue weighted by atomic mass is 9.71. The van der Waals surface area contributed by atoms with Crippen molar-refractivity contribution in [1.82, 2.24) is 14.9 Å². The summed E-state index contributed by atoms with van der Waals surface area (Å²) in [6.45, 7) is 7.67. The molecule has 0 saturated heterocycles.